The molecule has 17 nitrogen and oxygen atoms in total. The maximum Gasteiger partial charge on any atom is 0.305 e. The third-order valence-electron chi connectivity index (χ3n) is 6.65. The maximum absolute atomic E-state index is 12.4. The van der Waals surface area contributed by atoms with Crippen molar-refractivity contribution < 1.29 is 54.3 Å². The van der Waals surface area contributed by atoms with E-state index in [0.717, 1.165) is 19.3 Å². The Labute approximate surface area is 236 Å². The summed E-state index contributed by atoms with van der Waals surface area (Å²) < 4.78 is 4.88. The fourth-order valence-corrected chi connectivity index (χ4v) is 4.55. The van der Waals surface area contributed by atoms with Crippen molar-refractivity contribution >= 4 is 11.8 Å². The Kier molecular flexibility index (Phi) is 16.8. The Hall–Kier alpha value is -3.60. The number of hydrogen-bond acceptors (Lipinski definition) is 14. The van der Waals surface area contributed by atoms with Crippen molar-refractivity contribution in [1.29, 1.82) is 0 Å². The number of esters is 1. The van der Waals surface area contributed by atoms with Gasteiger partial charge in [0.15, 0.2) is 12.2 Å². The third kappa shape index (κ3) is 15.1. The van der Waals surface area contributed by atoms with Crippen LogP contribution in [0.3, 0.4) is 0 Å². The average Bonchev–Trinajstić information content (AvgIpc) is 3.16. The van der Waals surface area contributed by atoms with Crippen LogP contribution in [0.5, 0.6) is 0 Å². The number of ether oxygens (including phenoxy) is 1. The van der Waals surface area contributed by atoms with E-state index in [4.69, 9.17) is 4.74 Å². The summed E-state index contributed by atoms with van der Waals surface area (Å²) in [6.45, 7) is 0.136. The summed E-state index contributed by atoms with van der Waals surface area (Å²) in [6, 6.07) is 0. The first-order valence-corrected chi connectivity index (χ1v) is 13.6. The predicted molar refractivity (Wildman–Crippen MR) is 137 cm³/mol. The first kappa shape index (κ1) is 35.4. The Balaban J connectivity index is 2.45. The zero-order chi connectivity index (χ0) is 30.8. The summed E-state index contributed by atoms with van der Waals surface area (Å²) in [7, 11) is 0. The van der Waals surface area contributed by atoms with E-state index in [1.807, 2.05) is 0 Å². The number of nitrogens with zero attached hydrogens (tertiary/aromatic N) is 3. The molecule has 0 aliphatic heterocycles. The number of Topliss-reactive ketones (excluding diaryl/α,β-unsaturated/α-hetero) is 1. The summed E-state index contributed by atoms with van der Waals surface area (Å²) in [5.74, 6) is -1.51. The second-order valence-corrected chi connectivity index (χ2v) is 9.76. The van der Waals surface area contributed by atoms with E-state index in [-0.39, 0.29) is 30.5 Å². The van der Waals surface area contributed by atoms with Crippen LogP contribution in [0.1, 0.15) is 77.6 Å². The van der Waals surface area contributed by atoms with E-state index in [2.05, 4.69) is 21.4 Å². The molecule has 0 spiro atoms. The first-order valence-electron chi connectivity index (χ1n) is 13.6. The number of rotatable bonds is 23. The van der Waals surface area contributed by atoms with Crippen molar-refractivity contribution in [3.63, 3.8) is 0 Å². The van der Waals surface area contributed by atoms with Gasteiger partial charge in [0, 0.05) is 24.7 Å². The van der Waals surface area contributed by atoms with Crippen LogP contribution in [0.2, 0.25) is 0 Å². The Morgan fingerprint density at radius 2 is 1.61 bits per heavy atom. The van der Waals surface area contributed by atoms with Crippen LogP contribution >= 0.6 is 0 Å². The van der Waals surface area contributed by atoms with Gasteiger partial charge in [-0.2, -0.15) is 0 Å². The Morgan fingerprint density at radius 3 is 2.22 bits per heavy atom. The van der Waals surface area contributed by atoms with Gasteiger partial charge >= 0.3 is 5.97 Å². The van der Waals surface area contributed by atoms with Gasteiger partial charge in [0.1, 0.15) is 19.0 Å². The molecular formula is C24H39N3O14. The van der Waals surface area contributed by atoms with E-state index in [1.165, 1.54) is 0 Å². The molecule has 0 aromatic carbocycles. The van der Waals surface area contributed by atoms with Crippen molar-refractivity contribution in [3.8, 4) is 0 Å². The molecule has 234 valence electrons. The van der Waals surface area contributed by atoms with E-state index >= 15 is 0 Å². The molecule has 41 heavy (non-hydrogen) atoms. The lowest BCUT2D eigenvalue weighted by molar-refractivity contribution is -0.810. The molecule has 0 bridgehead atoms. The molecule has 0 unspecified atom stereocenters. The van der Waals surface area contributed by atoms with Crippen molar-refractivity contribution in [2.45, 2.75) is 102 Å². The van der Waals surface area contributed by atoms with Gasteiger partial charge in [0.05, 0.1) is 12.2 Å². The standard InChI is InChI=1S/C24H39N3O14/c1-2-3-6-9-17(28)12-13-19-18(20(29)14-21(19)30)10-7-4-5-8-11-24(31)38-15-22(40-26(34)35)23(41-27(36)37)16-39-25(32)33/h12-13,17-19,21-23,28,30H,2-11,14-16H2,1H3/b13-12+/t17-,18+,19+,21+,22-,23-/m0/s1. The molecule has 0 heterocycles. The minimum absolute atomic E-state index is 0.0225. The lowest BCUT2D eigenvalue weighted by atomic mass is 9.88. The minimum Gasteiger partial charge on any atom is -0.463 e. The number of aliphatic hydroxyl groups excluding tert-OH is 2. The topological polar surface area (TPSA) is 241 Å². The molecule has 1 fully saturated rings. The van der Waals surface area contributed by atoms with Crippen molar-refractivity contribution in [2.75, 3.05) is 13.2 Å². The van der Waals surface area contributed by atoms with Gasteiger partial charge in [-0.15, -0.1) is 30.3 Å². The Bertz CT molecular complexity index is 886. The zero-order valence-electron chi connectivity index (χ0n) is 22.9. The zero-order valence-corrected chi connectivity index (χ0v) is 22.9. The number of hydrogen-bond donors (Lipinski definition) is 2. The largest absolute Gasteiger partial charge is 0.463 e. The van der Waals surface area contributed by atoms with Crippen molar-refractivity contribution in [1.82, 2.24) is 0 Å². The molecule has 1 aliphatic rings. The van der Waals surface area contributed by atoms with Gasteiger partial charge in [-0.25, -0.2) is 0 Å². The summed E-state index contributed by atoms with van der Waals surface area (Å²) in [4.78, 5) is 68.5. The average molecular weight is 594 g/mol. The van der Waals surface area contributed by atoms with Crippen LogP contribution in [0.4, 0.5) is 0 Å². The maximum atomic E-state index is 12.4. The van der Waals surface area contributed by atoms with Gasteiger partial charge in [-0.1, -0.05) is 57.6 Å². The summed E-state index contributed by atoms with van der Waals surface area (Å²) in [5.41, 5.74) is 0. The highest BCUT2D eigenvalue weighted by atomic mass is 17.0. The normalized spacial score (nSPS) is 20.8. The molecule has 0 aromatic heterocycles. The quantitative estimate of drug-likeness (QED) is 0.0568. The van der Waals surface area contributed by atoms with Crippen LogP contribution in [0.25, 0.3) is 0 Å². The van der Waals surface area contributed by atoms with Gasteiger partial charge in [-0.05, 0) is 19.3 Å². The fraction of sp³-hybridized carbons (Fsp3) is 0.833. The van der Waals surface area contributed by atoms with Gasteiger partial charge in [0.2, 0.25) is 0 Å². The number of ketones is 1. The molecule has 0 aromatic rings. The molecule has 1 aliphatic carbocycles. The van der Waals surface area contributed by atoms with Crippen LogP contribution < -0.4 is 0 Å². The highest BCUT2D eigenvalue weighted by molar-refractivity contribution is 5.84. The van der Waals surface area contributed by atoms with E-state index in [0.29, 0.717) is 38.5 Å². The number of carbonyl (C=O) groups is 2. The number of unbranched alkanes of at least 4 members (excludes halogenated alkanes) is 5. The van der Waals surface area contributed by atoms with Crippen molar-refractivity contribution in [2.24, 2.45) is 11.8 Å². The van der Waals surface area contributed by atoms with Crippen LogP contribution in [-0.4, -0.2) is 74.9 Å². The number of carbonyl (C=O) groups excluding carboxylic acids is 2. The van der Waals surface area contributed by atoms with Crippen molar-refractivity contribution in [3.05, 3.63) is 42.5 Å². The molecule has 0 amide bonds. The first-order chi connectivity index (χ1) is 19.4. The molecule has 6 atom stereocenters. The van der Waals surface area contributed by atoms with Gasteiger partial charge in [-0.3, -0.25) is 9.59 Å². The summed E-state index contributed by atoms with van der Waals surface area (Å²) in [5, 5.41) is 48.2. The molecule has 2 N–H and O–H groups in total. The second-order valence-electron chi connectivity index (χ2n) is 9.76. The highest BCUT2D eigenvalue weighted by Crippen LogP contribution is 2.34. The lowest BCUT2D eigenvalue weighted by Crippen LogP contribution is -2.42. The summed E-state index contributed by atoms with van der Waals surface area (Å²) >= 11 is 0. The summed E-state index contributed by atoms with van der Waals surface area (Å²) in [6.07, 6.45) is 4.64. The molecule has 17 heteroatoms. The van der Waals surface area contributed by atoms with E-state index in [9.17, 15) is 50.1 Å². The predicted octanol–water partition coefficient (Wildman–Crippen LogP) is 2.30. The second kappa shape index (κ2) is 19.5. The van der Waals surface area contributed by atoms with E-state index < -0.39 is 58.9 Å². The fourth-order valence-electron chi connectivity index (χ4n) is 4.55. The monoisotopic (exact) mass is 593 g/mol. The van der Waals surface area contributed by atoms with Crippen LogP contribution in [-0.2, 0) is 28.8 Å². The smallest absolute Gasteiger partial charge is 0.305 e. The molecule has 1 saturated carbocycles. The SMILES string of the molecule is CCCCC[C@H](O)/C=C/[C@H]1[C@H](O)CC(=O)[C@@H]1CCCCCCC(=O)OC[C@H](O[N+](=O)[O-])[C@H](CO[N+](=O)[O-])O[N+](=O)[O-]. The minimum atomic E-state index is -1.92. The molecular weight excluding hydrogens is 554 g/mol. The van der Waals surface area contributed by atoms with Crippen LogP contribution in [0, 0.1) is 42.2 Å². The molecule has 0 radical (unpaired) electrons. The molecule has 1 rings (SSSR count). The number of aliphatic hydroxyl groups is 2. The lowest BCUT2D eigenvalue weighted by Gasteiger charge is -2.22. The van der Waals surface area contributed by atoms with Gasteiger partial charge in [0.25, 0.3) is 15.3 Å². The molecule has 0 saturated heterocycles. The highest BCUT2D eigenvalue weighted by Gasteiger charge is 2.39. The Morgan fingerprint density at radius 1 is 0.976 bits per heavy atom. The van der Waals surface area contributed by atoms with E-state index in [1.54, 1.807) is 12.2 Å². The van der Waals surface area contributed by atoms with Crippen LogP contribution in [0.15, 0.2) is 12.2 Å². The van der Waals surface area contributed by atoms with Gasteiger partial charge < -0.3 is 29.5 Å². The third-order valence-corrected chi connectivity index (χ3v) is 6.65.